The molecule has 3 rings (SSSR count). The summed E-state index contributed by atoms with van der Waals surface area (Å²) in [5, 5.41) is 9.73. The smallest absolute Gasteiger partial charge is 0.328 e. The minimum Gasteiger partial charge on any atom is -0.480 e. The first-order chi connectivity index (χ1) is 12.6. The summed E-state index contributed by atoms with van der Waals surface area (Å²) in [4.78, 5) is 20.6. The number of hydrogen-bond acceptors (Lipinski definition) is 3. The zero-order valence-corrected chi connectivity index (χ0v) is 15.5. The van der Waals surface area contributed by atoms with Crippen LogP contribution in [-0.2, 0) is 11.2 Å². The van der Waals surface area contributed by atoms with Gasteiger partial charge in [-0.2, -0.15) is 0 Å². The van der Waals surface area contributed by atoms with E-state index in [1.165, 1.54) is 0 Å². The number of benzene rings is 2. The topological polar surface area (TPSA) is 62.5 Å². The van der Waals surface area contributed by atoms with Gasteiger partial charge in [0.25, 0.3) is 0 Å². The number of rotatable bonds is 6. The highest BCUT2D eigenvalue weighted by molar-refractivity contribution is 9.10. The zero-order valence-electron chi connectivity index (χ0n) is 13.9. The quantitative estimate of drug-likeness (QED) is 0.615. The average molecular weight is 409 g/mol. The number of carboxylic acids is 1. The second kappa shape index (κ2) is 8.54. The molecule has 1 aromatic heterocycles. The van der Waals surface area contributed by atoms with Crippen molar-refractivity contribution in [3.05, 3.63) is 100 Å². The fourth-order valence-electron chi connectivity index (χ4n) is 2.62. The monoisotopic (exact) mass is 408 g/mol. The van der Waals surface area contributed by atoms with E-state index < -0.39 is 12.0 Å². The average Bonchev–Trinajstić information content (AvgIpc) is 2.67. The summed E-state index contributed by atoms with van der Waals surface area (Å²) in [6.45, 7) is 0. The maximum Gasteiger partial charge on any atom is 0.328 e. The van der Waals surface area contributed by atoms with Crippen LogP contribution in [0.3, 0.4) is 0 Å². The maximum atomic E-state index is 11.9. The van der Waals surface area contributed by atoms with Crippen molar-refractivity contribution in [3.63, 3.8) is 0 Å². The normalized spacial score (nSPS) is 11.6. The van der Waals surface area contributed by atoms with Gasteiger partial charge in [-0.25, -0.2) is 4.79 Å². The predicted molar refractivity (Wildman–Crippen MR) is 106 cm³/mol. The maximum absolute atomic E-state index is 11.9. The molecule has 0 spiro atoms. The van der Waals surface area contributed by atoms with Crippen molar-refractivity contribution in [2.75, 3.05) is 0 Å². The number of pyridine rings is 1. The van der Waals surface area contributed by atoms with Crippen LogP contribution >= 0.6 is 15.9 Å². The molecular weight excluding hydrogens is 392 g/mol. The predicted octanol–water partition coefficient (Wildman–Crippen LogP) is 4.38. The van der Waals surface area contributed by atoms with E-state index >= 15 is 0 Å². The van der Waals surface area contributed by atoms with E-state index in [-0.39, 0.29) is 6.42 Å². The van der Waals surface area contributed by atoms with Gasteiger partial charge in [0.15, 0.2) is 6.04 Å². The molecule has 0 bridgehead atoms. The lowest BCUT2D eigenvalue weighted by atomic mass is 10.0. The Morgan fingerprint density at radius 1 is 1.00 bits per heavy atom. The number of aromatic nitrogens is 1. The highest BCUT2D eigenvalue weighted by Crippen LogP contribution is 2.19. The fraction of sp³-hybridized carbons (Fsp3) is 0.0952. The Bertz CT molecular complexity index is 870. The highest BCUT2D eigenvalue weighted by Gasteiger charge is 2.20. The molecule has 1 unspecified atom stereocenters. The molecule has 130 valence electrons. The molecule has 1 atom stereocenters. The Morgan fingerprint density at radius 2 is 1.58 bits per heavy atom. The summed E-state index contributed by atoms with van der Waals surface area (Å²) < 4.78 is 0.829. The van der Waals surface area contributed by atoms with Crippen LogP contribution in [-0.4, -0.2) is 27.8 Å². The molecule has 0 radical (unpaired) electrons. The molecule has 0 aliphatic carbocycles. The lowest BCUT2D eigenvalue weighted by molar-refractivity contribution is -0.138. The number of carbonyl (C=O) groups is 1. The van der Waals surface area contributed by atoms with Crippen molar-refractivity contribution in [2.45, 2.75) is 12.5 Å². The molecule has 26 heavy (non-hydrogen) atoms. The van der Waals surface area contributed by atoms with Gasteiger partial charge in [0, 0.05) is 34.4 Å². The van der Waals surface area contributed by atoms with E-state index in [2.05, 4.69) is 25.9 Å². The van der Waals surface area contributed by atoms with Gasteiger partial charge in [-0.15, -0.1) is 0 Å². The van der Waals surface area contributed by atoms with Gasteiger partial charge in [-0.1, -0.05) is 76.6 Å². The third-order valence-corrected chi connectivity index (χ3v) is 4.70. The van der Waals surface area contributed by atoms with Crippen LogP contribution in [0.15, 0.2) is 88.6 Å². The molecule has 2 aromatic carbocycles. The molecule has 4 nitrogen and oxygen atoms in total. The van der Waals surface area contributed by atoms with Crippen molar-refractivity contribution in [2.24, 2.45) is 4.99 Å². The van der Waals surface area contributed by atoms with Crippen LogP contribution in [0.1, 0.15) is 16.7 Å². The number of aliphatic carboxylic acids is 1. The molecule has 0 amide bonds. The number of hydrogen-bond donors (Lipinski definition) is 1. The Kier molecular flexibility index (Phi) is 5.92. The van der Waals surface area contributed by atoms with E-state index in [1.807, 2.05) is 60.7 Å². The van der Waals surface area contributed by atoms with Gasteiger partial charge in [0.1, 0.15) is 0 Å². The Hall–Kier alpha value is -2.79. The van der Waals surface area contributed by atoms with Gasteiger partial charge < -0.3 is 5.11 Å². The van der Waals surface area contributed by atoms with Gasteiger partial charge in [0.05, 0.1) is 5.71 Å². The first kappa shape index (κ1) is 18.0. The molecule has 0 fully saturated rings. The summed E-state index contributed by atoms with van der Waals surface area (Å²) in [5.74, 6) is -0.967. The Morgan fingerprint density at radius 3 is 2.08 bits per heavy atom. The first-order valence-corrected chi connectivity index (χ1v) is 8.94. The minimum absolute atomic E-state index is 0.257. The molecule has 0 aliphatic rings. The van der Waals surface area contributed by atoms with Crippen LogP contribution in [0.25, 0.3) is 0 Å². The molecule has 5 heteroatoms. The first-order valence-electron chi connectivity index (χ1n) is 8.15. The van der Waals surface area contributed by atoms with Crippen molar-refractivity contribution < 1.29 is 9.90 Å². The van der Waals surface area contributed by atoms with Crippen LogP contribution in [0.4, 0.5) is 0 Å². The molecular formula is C21H17BrN2O2. The van der Waals surface area contributed by atoms with Crippen LogP contribution in [0.2, 0.25) is 0 Å². The van der Waals surface area contributed by atoms with Crippen LogP contribution in [0.5, 0.6) is 0 Å². The lowest BCUT2D eigenvalue weighted by Crippen LogP contribution is -2.23. The Labute approximate surface area is 160 Å². The molecule has 0 saturated heterocycles. The van der Waals surface area contributed by atoms with Crippen LogP contribution < -0.4 is 0 Å². The summed E-state index contributed by atoms with van der Waals surface area (Å²) in [5.41, 5.74) is 3.24. The highest BCUT2D eigenvalue weighted by atomic mass is 79.9. The van der Waals surface area contributed by atoms with Crippen molar-refractivity contribution in [1.82, 2.24) is 4.98 Å². The molecule has 0 saturated carbocycles. The third kappa shape index (κ3) is 4.43. The summed E-state index contributed by atoms with van der Waals surface area (Å²) in [6, 6.07) is 20.1. The Balaban J connectivity index is 2.04. The van der Waals surface area contributed by atoms with E-state index in [0.29, 0.717) is 5.71 Å². The van der Waals surface area contributed by atoms with Gasteiger partial charge in [0.2, 0.25) is 0 Å². The van der Waals surface area contributed by atoms with E-state index in [9.17, 15) is 9.90 Å². The molecule has 3 aromatic rings. The SMILES string of the molecule is O=C(O)C(Cc1cnccc1Br)N=C(c1ccccc1)c1ccccc1. The molecule has 1 heterocycles. The standard InChI is InChI=1S/C21H17BrN2O2/c22-18-11-12-23-14-17(18)13-19(21(25)26)24-20(15-7-3-1-4-8-15)16-9-5-2-6-10-16/h1-12,14,19H,13H2,(H,25,26). The van der Waals surface area contributed by atoms with E-state index in [1.54, 1.807) is 18.5 Å². The van der Waals surface area contributed by atoms with Crippen molar-refractivity contribution >= 4 is 27.6 Å². The molecule has 0 aliphatic heterocycles. The fourth-order valence-corrected chi connectivity index (χ4v) is 3.00. The second-order valence-corrected chi connectivity index (χ2v) is 6.59. The second-order valence-electron chi connectivity index (χ2n) is 5.74. The van der Waals surface area contributed by atoms with Crippen LogP contribution in [0, 0.1) is 0 Å². The number of halogens is 1. The summed E-state index contributed by atoms with van der Waals surface area (Å²) in [6.07, 6.45) is 3.58. The molecule has 1 N–H and O–H groups in total. The number of nitrogens with zero attached hydrogens (tertiary/aromatic N) is 2. The largest absolute Gasteiger partial charge is 0.480 e. The van der Waals surface area contributed by atoms with Crippen molar-refractivity contribution in [1.29, 1.82) is 0 Å². The van der Waals surface area contributed by atoms with Gasteiger partial charge >= 0.3 is 5.97 Å². The minimum atomic E-state index is -0.967. The van der Waals surface area contributed by atoms with Gasteiger partial charge in [-0.05, 0) is 11.6 Å². The van der Waals surface area contributed by atoms with Crippen molar-refractivity contribution in [3.8, 4) is 0 Å². The zero-order chi connectivity index (χ0) is 18.4. The number of aliphatic imine (C=N–C) groups is 1. The number of carboxylic acid groups (broad SMARTS) is 1. The van der Waals surface area contributed by atoms with E-state index in [4.69, 9.17) is 0 Å². The summed E-state index contributed by atoms with van der Waals surface area (Å²) in [7, 11) is 0. The van der Waals surface area contributed by atoms with Gasteiger partial charge in [-0.3, -0.25) is 9.98 Å². The summed E-state index contributed by atoms with van der Waals surface area (Å²) >= 11 is 3.45. The third-order valence-electron chi connectivity index (χ3n) is 3.92. The lowest BCUT2D eigenvalue weighted by Gasteiger charge is -2.13. The van der Waals surface area contributed by atoms with E-state index in [0.717, 1.165) is 21.2 Å².